The summed E-state index contributed by atoms with van der Waals surface area (Å²) in [7, 11) is 1.62. The molecule has 0 N–H and O–H groups in total. The fraction of sp³-hybridized carbons (Fsp3) is 0.600. The summed E-state index contributed by atoms with van der Waals surface area (Å²) in [5, 5.41) is 0. The van der Waals surface area contributed by atoms with Gasteiger partial charge in [0.25, 0.3) is 5.91 Å². The lowest BCUT2D eigenvalue weighted by Gasteiger charge is -2.48. The first-order chi connectivity index (χ1) is 13.1. The number of amides is 2. The molecule has 7 heteroatoms. The molecule has 3 fully saturated rings. The van der Waals surface area contributed by atoms with Crippen LogP contribution in [0.1, 0.15) is 12.8 Å². The van der Waals surface area contributed by atoms with Crippen LogP contribution in [-0.2, 0) is 9.59 Å². The Labute approximate surface area is 159 Å². The molecule has 0 aromatic heterocycles. The van der Waals surface area contributed by atoms with Gasteiger partial charge in [-0.05, 0) is 43.7 Å². The quantitative estimate of drug-likeness (QED) is 0.740. The maximum Gasteiger partial charge on any atom is 0.260 e. The van der Waals surface area contributed by atoms with E-state index in [0.29, 0.717) is 12.3 Å². The molecule has 0 radical (unpaired) electrons. The molecule has 7 nitrogen and oxygen atoms in total. The number of hydrogen-bond donors (Lipinski definition) is 0. The van der Waals surface area contributed by atoms with E-state index in [1.807, 2.05) is 21.9 Å². The fourth-order valence-electron chi connectivity index (χ4n) is 4.13. The van der Waals surface area contributed by atoms with Gasteiger partial charge in [0.1, 0.15) is 11.5 Å². The average Bonchev–Trinajstić information content (AvgIpc) is 3.01. The Hall–Kier alpha value is -2.28. The standard InChI is InChI=1S/C20H27N3O4/c1-26-16-3-5-17(6-4-16)27-12-19(25)23-14-20(15-23)7-10-21(13-20)11-18(24)22-8-2-9-22/h3-6H,2,7-15H2,1H3. The Kier molecular flexibility index (Phi) is 4.95. The molecule has 146 valence electrons. The van der Waals surface area contributed by atoms with Gasteiger partial charge in [0.05, 0.1) is 13.7 Å². The lowest BCUT2D eigenvalue weighted by atomic mass is 9.79. The molecule has 0 bridgehead atoms. The summed E-state index contributed by atoms with van der Waals surface area (Å²) < 4.78 is 10.7. The van der Waals surface area contributed by atoms with E-state index in [0.717, 1.165) is 57.9 Å². The first-order valence-corrected chi connectivity index (χ1v) is 9.62. The smallest absolute Gasteiger partial charge is 0.260 e. The Bertz CT molecular complexity index is 696. The van der Waals surface area contributed by atoms with Gasteiger partial charge in [-0.15, -0.1) is 0 Å². The minimum absolute atomic E-state index is 0.0200. The maximum atomic E-state index is 12.4. The van der Waals surface area contributed by atoms with E-state index < -0.39 is 0 Å². The largest absolute Gasteiger partial charge is 0.497 e. The molecular weight excluding hydrogens is 346 g/mol. The highest BCUT2D eigenvalue weighted by molar-refractivity contribution is 5.79. The van der Waals surface area contributed by atoms with E-state index >= 15 is 0 Å². The van der Waals surface area contributed by atoms with Crippen LogP contribution in [0.5, 0.6) is 11.5 Å². The van der Waals surface area contributed by atoms with Gasteiger partial charge in [0.15, 0.2) is 6.61 Å². The second-order valence-electron chi connectivity index (χ2n) is 7.91. The van der Waals surface area contributed by atoms with E-state index in [1.54, 1.807) is 19.2 Å². The number of methoxy groups -OCH3 is 1. The zero-order chi connectivity index (χ0) is 18.9. The summed E-state index contributed by atoms with van der Waals surface area (Å²) in [5.41, 5.74) is 0.172. The second-order valence-corrected chi connectivity index (χ2v) is 7.91. The van der Waals surface area contributed by atoms with Gasteiger partial charge in [-0.25, -0.2) is 0 Å². The van der Waals surface area contributed by atoms with Crippen LogP contribution in [0.4, 0.5) is 0 Å². The molecule has 1 aromatic carbocycles. The number of rotatable bonds is 6. The lowest BCUT2D eigenvalue weighted by molar-refractivity contribution is -0.145. The van der Waals surface area contributed by atoms with Crippen LogP contribution in [-0.4, -0.2) is 86.0 Å². The number of benzene rings is 1. The Morgan fingerprint density at radius 3 is 2.30 bits per heavy atom. The van der Waals surface area contributed by atoms with E-state index in [9.17, 15) is 9.59 Å². The lowest BCUT2D eigenvalue weighted by Crippen LogP contribution is -2.60. The van der Waals surface area contributed by atoms with Gasteiger partial charge in [-0.1, -0.05) is 0 Å². The zero-order valence-corrected chi connectivity index (χ0v) is 15.9. The van der Waals surface area contributed by atoms with Crippen molar-refractivity contribution in [1.29, 1.82) is 0 Å². The van der Waals surface area contributed by atoms with Crippen LogP contribution < -0.4 is 9.47 Å². The molecule has 3 aliphatic heterocycles. The van der Waals surface area contributed by atoms with Crippen LogP contribution >= 0.6 is 0 Å². The Balaban J connectivity index is 1.19. The van der Waals surface area contributed by atoms with E-state index in [1.165, 1.54) is 0 Å². The van der Waals surface area contributed by atoms with Crippen LogP contribution in [0.3, 0.4) is 0 Å². The number of ether oxygens (including phenoxy) is 2. The van der Waals surface area contributed by atoms with Crippen molar-refractivity contribution < 1.29 is 19.1 Å². The van der Waals surface area contributed by atoms with Crippen molar-refractivity contribution in [3.8, 4) is 11.5 Å². The zero-order valence-electron chi connectivity index (χ0n) is 15.9. The highest BCUT2D eigenvalue weighted by Gasteiger charge is 2.49. The minimum atomic E-state index is 0.0200. The van der Waals surface area contributed by atoms with Crippen LogP contribution in [0, 0.1) is 5.41 Å². The van der Waals surface area contributed by atoms with E-state index in [4.69, 9.17) is 9.47 Å². The molecule has 0 saturated carbocycles. The molecular formula is C20H27N3O4. The summed E-state index contributed by atoms with van der Waals surface area (Å²) in [6.07, 6.45) is 2.19. The second kappa shape index (κ2) is 7.38. The third-order valence-electron chi connectivity index (χ3n) is 5.91. The molecule has 27 heavy (non-hydrogen) atoms. The van der Waals surface area contributed by atoms with Crippen molar-refractivity contribution in [3.05, 3.63) is 24.3 Å². The van der Waals surface area contributed by atoms with Crippen molar-refractivity contribution in [2.24, 2.45) is 5.41 Å². The van der Waals surface area contributed by atoms with Crippen LogP contribution in [0.15, 0.2) is 24.3 Å². The van der Waals surface area contributed by atoms with Crippen molar-refractivity contribution in [3.63, 3.8) is 0 Å². The monoisotopic (exact) mass is 373 g/mol. The van der Waals surface area contributed by atoms with Gasteiger partial charge < -0.3 is 19.3 Å². The van der Waals surface area contributed by atoms with Crippen molar-refractivity contribution in [1.82, 2.24) is 14.7 Å². The third kappa shape index (κ3) is 3.88. The van der Waals surface area contributed by atoms with Crippen LogP contribution in [0.25, 0.3) is 0 Å². The minimum Gasteiger partial charge on any atom is -0.497 e. The summed E-state index contributed by atoms with van der Waals surface area (Å²) in [6, 6.07) is 7.22. The first kappa shape index (κ1) is 18.1. The fourth-order valence-corrected chi connectivity index (χ4v) is 4.13. The van der Waals surface area contributed by atoms with Gasteiger partial charge in [-0.3, -0.25) is 14.5 Å². The van der Waals surface area contributed by atoms with Crippen molar-refractivity contribution >= 4 is 11.8 Å². The number of nitrogens with zero attached hydrogens (tertiary/aromatic N) is 3. The normalized spacial score (nSPS) is 20.9. The molecule has 2 amide bonds. The number of carbonyl (C=O) groups is 2. The molecule has 0 atom stereocenters. The van der Waals surface area contributed by atoms with E-state index in [2.05, 4.69) is 4.90 Å². The Morgan fingerprint density at radius 1 is 0.963 bits per heavy atom. The SMILES string of the molecule is COc1ccc(OCC(=O)N2CC3(CCN(CC(=O)N4CCC4)C3)C2)cc1. The van der Waals surface area contributed by atoms with E-state index in [-0.39, 0.29) is 23.8 Å². The molecule has 3 aliphatic rings. The summed E-state index contributed by atoms with van der Waals surface area (Å²) in [6.45, 7) is 5.80. The number of likely N-dealkylation sites (tertiary alicyclic amines) is 3. The number of hydrogen-bond acceptors (Lipinski definition) is 5. The molecule has 4 rings (SSSR count). The molecule has 0 aliphatic carbocycles. The first-order valence-electron chi connectivity index (χ1n) is 9.62. The predicted molar refractivity (Wildman–Crippen MR) is 99.8 cm³/mol. The van der Waals surface area contributed by atoms with Gasteiger partial charge in [-0.2, -0.15) is 0 Å². The molecule has 3 saturated heterocycles. The molecule has 1 aromatic rings. The van der Waals surface area contributed by atoms with Gasteiger partial charge in [0.2, 0.25) is 5.91 Å². The summed E-state index contributed by atoms with van der Waals surface area (Å²) in [4.78, 5) is 30.5. The predicted octanol–water partition coefficient (Wildman–Crippen LogP) is 0.841. The number of carbonyl (C=O) groups excluding carboxylic acids is 2. The summed E-state index contributed by atoms with van der Waals surface area (Å²) in [5.74, 6) is 1.69. The molecule has 1 spiro atoms. The highest BCUT2D eigenvalue weighted by atomic mass is 16.5. The van der Waals surface area contributed by atoms with Gasteiger partial charge in [0, 0.05) is 38.1 Å². The average molecular weight is 373 g/mol. The highest BCUT2D eigenvalue weighted by Crippen LogP contribution is 2.39. The van der Waals surface area contributed by atoms with Crippen molar-refractivity contribution in [2.75, 3.05) is 59.5 Å². The van der Waals surface area contributed by atoms with Gasteiger partial charge >= 0.3 is 0 Å². The summed E-state index contributed by atoms with van der Waals surface area (Å²) >= 11 is 0. The Morgan fingerprint density at radius 2 is 1.67 bits per heavy atom. The van der Waals surface area contributed by atoms with Crippen molar-refractivity contribution in [2.45, 2.75) is 12.8 Å². The molecule has 0 unspecified atom stereocenters. The molecule has 3 heterocycles. The topological polar surface area (TPSA) is 62.3 Å². The van der Waals surface area contributed by atoms with Crippen LogP contribution in [0.2, 0.25) is 0 Å². The third-order valence-corrected chi connectivity index (χ3v) is 5.91. The maximum absolute atomic E-state index is 12.4.